The largest absolute Gasteiger partial charge is 0.426 e. The molecule has 0 unspecified atom stereocenters. The van der Waals surface area contributed by atoms with E-state index < -0.39 is 11.9 Å². The molecule has 2 heterocycles. The van der Waals surface area contributed by atoms with Crippen molar-refractivity contribution in [1.29, 1.82) is 0 Å². The number of allylic oxidation sites excluding steroid dienone is 2. The first-order chi connectivity index (χ1) is 17.3. The molecule has 3 amide bonds. The van der Waals surface area contributed by atoms with Crippen molar-refractivity contribution in [2.45, 2.75) is 32.7 Å². The lowest BCUT2D eigenvalue weighted by molar-refractivity contribution is -0.139. The van der Waals surface area contributed by atoms with Crippen LogP contribution in [0.15, 0.2) is 60.7 Å². The van der Waals surface area contributed by atoms with Crippen LogP contribution in [0.1, 0.15) is 36.9 Å². The van der Waals surface area contributed by atoms with Crippen LogP contribution in [-0.2, 0) is 19.2 Å². The number of hydrogen-bond acceptors (Lipinski definition) is 5. The van der Waals surface area contributed by atoms with Crippen molar-refractivity contribution in [3.8, 4) is 5.75 Å². The molecule has 0 radical (unpaired) electrons. The minimum absolute atomic E-state index is 0.0695. The van der Waals surface area contributed by atoms with E-state index in [-0.39, 0.29) is 53.9 Å². The van der Waals surface area contributed by atoms with Crippen molar-refractivity contribution in [3.05, 3.63) is 71.8 Å². The molecule has 2 saturated heterocycles. The summed E-state index contributed by atoms with van der Waals surface area (Å²) in [6, 6.07) is 14.6. The molecule has 2 bridgehead atoms. The number of aryl methyl sites for hydroxylation is 1. The molecule has 7 nitrogen and oxygen atoms in total. The average molecular weight is 485 g/mol. The predicted molar refractivity (Wildman–Crippen MR) is 132 cm³/mol. The Morgan fingerprint density at radius 2 is 1.64 bits per heavy atom. The Hall–Kier alpha value is -3.74. The highest BCUT2D eigenvalue weighted by Gasteiger charge is 2.59. The van der Waals surface area contributed by atoms with E-state index in [2.05, 4.69) is 12.2 Å². The fraction of sp³-hybridized carbons (Fsp3) is 0.379. The fourth-order valence-electron chi connectivity index (χ4n) is 6.46. The van der Waals surface area contributed by atoms with E-state index in [1.165, 1.54) is 4.90 Å². The van der Waals surface area contributed by atoms with Crippen LogP contribution in [0.25, 0.3) is 0 Å². The predicted octanol–water partition coefficient (Wildman–Crippen LogP) is 3.82. The zero-order valence-electron chi connectivity index (χ0n) is 20.3. The number of amides is 3. The van der Waals surface area contributed by atoms with Gasteiger partial charge in [0.15, 0.2) is 0 Å². The number of nitrogens with zero attached hydrogens (tertiary/aromatic N) is 2. The molecule has 3 fully saturated rings. The highest BCUT2D eigenvalue weighted by Crippen LogP contribution is 2.53. The van der Waals surface area contributed by atoms with Crippen LogP contribution in [0.5, 0.6) is 5.75 Å². The van der Waals surface area contributed by atoms with Gasteiger partial charge in [-0.2, -0.15) is 0 Å². The second-order valence-electron chi connectivity index (χ2n) is 10.4. The standard InChI is InChI=1S/C29H28N2O5/c1-16-12-22(10-11-23(16)31-27(33)25-19-8-9-20(13-19)26(25)28(31)34)36-29(35)21-14-24(32)30(15-21)17(2)18-6-4-3-5-7-18/h3-12,17,19-21,25-26H,13-15H2,1-2H3/t17-,19+,20+,21-,25-,26-/m1/s1. The van der Waals surface area contributed by atoms with Gasteiger partial charge in [-0.05, 0) is 61.4 Å². The Morgan fingerprint density at radius 3 is 2.28 bits per heavy atom. The van der Waals surface area contributed by atoms with Crippen LogP contribution in [0.3, 0.4) is 0 Å². The van der Waals surface area contributed by atoms with Gasteiger partial charge in [0.2, 0.25) is 17.7 Å². The highest BCUT2D eigenvalue weighted by molar-refractivity contribution is 6.23. The molecule has 0 N–H and O–H groups in total. The van der Waals surface area contributed by atoms with E-state index >= 15 is 0 Å². The van der Waals surface area contributed by atoms with Crippen molar-refractivity contribution >= 4 is 29.4 Å². The van der Waals surface area contributed by atoms with E-state index in [1.54, 1.807) is 30.0 Å². The summed E-state index contributed by atoms with van der Waals surface area (Å²) in [6.45, 7) is 4.07. The number of esters is 1. The molecule has 36 heavy (non-hydrogen) atoms. The van der Waals surface area contributed by atoms with E-state index in [1.807, 2.05) is 37.3 Å². The lowest BCUT2D eigenvalue weighted by Gasteiger charge is -2.25. The number of carbonyl (C=O) groups excluding carboxylic acids is 4. The number of anilines is 1. The molecule has 2 aliphatic carbocycles. The third kappa shape index (κ3) is 3.48. The van der Waals surface area contributed by atoms with Gasteiger partial charge in [-0.15, -0.1) is 0 Å². The summed E-state index contributed by atoms with van der Waals surface area (Å²) in [5, 5.41) is 0. The molecule has 1 saturated carbocycles. The Kier molecular flexibility index (Phi) is 5.32. The van der Waals surface area contributed by atoms with Crippen LogP contribution in [0, 0.1) is 36.5 Å². The number of carbonyl (C=O) groups is 4. The summed E-state index contributed by atoms with van der Waals surface area (Å²) >= 11 is 0. The Labute approximate surface area is 209 Å². The first-order valence-electron chi connectivity index (χ1n) is 12.6. The first-order valence-corrected chi connectivity index (χ1v) is 12.6. The minimum atomic E-state index is -0.548. The fourth-order valence-corrected chi connectivity index (χ4v) is 6.46. The molecule has 7 heteroatoms. The van der Waals surface area contributed by atoms with E-state index in [0.717, 1.165) is 12.0 Å². The summed E-state index contributed by atoms with van der Waals surface area (Å²) < 4.78 is 5.64. The van der Waals surface area contributed by atoms with Crippen molar-refractivity contribution in [2.24, 2.45) is 29.6 Å². The van der Waals surface area contributed by atoms with E-state index in [0.29, 0.717) is 23.5 Å². The number of ether oxygens (including phenoxy) is 1. The number of benzene rings is 2. The highest BCUT2D eigenvalue weighted by atomic mass is 16.5. The van der Waals surface area contributed by atoms with Gasteiger partial charge in [-0.25, -0.2) is 4.90 Å². The monoisotopic (exact) mass is 484 g/mol. The Balaban J connectivity index is 1.14. The molecule has 0 aromatic heterocycles. The topological polar surface area (TPSA) is 84.0 Å². The maximum Gasteiger partial charge on any atom is 0.316 e. The van der Waals surface area contributed by atoms with Gasteiger partial charge in [0.1, 0.15) is 5.75 Å². The van der Waals surface area contributed by atoms with Crippen molar-refractivity contribution < 1.29 is 23.9 Å². The first kappa shape index (κ1) is 22.7. The Bertz CT molecular complexity index is 1270. The summed E-state index contributed by atoms with van der Waals surface area (Å²) in [6.07, 6.45) is 5.15. The molecule has 2 aromatic carbocycles. The molecular formula is C29H28N2O5. The second-order valence-corrected chi connectivity index (χ2v) is 10.4. The van der Waals surface area contributed by atoms with Gasteiger partial charge in [-0.1, -0.05) is 42.5 Å². The number of imide groups is 1. The van der Waals surface area contributed by atoms with Crippen molar-refractivity contribution in [3.63, 3.8) is 0 Å². The van der Waals surface area contributed by atoms with Gasteiger partial charge in [0.25, 0.3) is 0 Å². The molecule has 2 aromatic rings. The summed E-state index contributed by atoms with van der Waals surface area (Å²) in [5.41, 5.74) is 2.24. The normalized spacial score (nSPS) is 29.3. The molecule has 6 atom stereocenters. The molecule has 6 rings (SSSR count). The lowest BCUT2D eigenvalue weighted by Crippen LogP contribution is -2.33. The van der Waals surface area contributed by atoms with E-state index in [9.17, 15) is 19.2 Å². The molecule has 4 aliphatic rings. The minimum Gasteiger partial charge on any atom is -0.426 e. The third-order valence-corrected chi connectivity index (χ3v) is 8.34. The van der Waals surface area contributed by atoms with Crippen LogP contribution in [-0.4, -0.2) is 35.1 Å². The summed E-state index contributed by atoms with van der Waals surface area (Å²) in [7, 11) is 0. The van der Waals surface area contributed by atoms with Crippen molar-refractivity contribution in [2.75, 3.05) is 11.4 Å². The summed E-state index contributed by atoms with van der Waals surface area (Å²) in [5.74, 6) is -1.21. The number of rotatable bonds is 5. The van der Waals surface area contributed by atoms with Crippen molar-refractivity contribution in [1.82, 2.24) is 4.90 Å². The van der Waals surface area contributed by atoms with Gasteiger partial charge < -0.3 is 9.64 Å². The quantitative estimate of drug-likeness (QED) is 0.279. The van der Waals surface area contributed by atoms with Crippen LogP contribution < -0.4 is 9.64 Å². The zero-order chi connectivity index (χ0) is 25.1. The van der Waals surface area contributed by atoms with E-state index in [4.69, 9.17) is 4.74 Å². The number of fused-ring (bicyclic) bond motifs is 5. The SMILES string of the molecule is Cc1cc(OC(=O)[C@@H]2CC(=O)N([C@H](C)c3ccccc3)C2)ccc1N1C(=O)[C@H]2[C@H](C1=O)[C@H]1C=C[C@H]2C1. The molecule has 0 spiro atoms. The third-order valence-electron chi connectivity index (χ3n) is 8.34. The molecule has 184 valence electrons. The lowest BCUT2D eigenvalue weighted by atomic mass is 9.85. The number of likely N-dealkylation sites (tertiary alicyclic amines) is 1. The second kappa shape index (κ2) is 8.43. The maximum atomic E-state index is 13.1. The molecule has 2 aliphatic heterocycles. The average Bonchev–Trinajstić information content (AvgIpc) is 3.64. The zero-order valence-corrected chi connectivity index (χ0v) is 20.3. The smallest absolute Gasteiger partial charge is 0.316 e. The van der Waals surface area contributed by atoms with Gasteiger partial charge in [-0.3, -0.25) is 19.2 Å². The number of hydrogen-bond donors (Lipinski definition) is 0. The Morgan fingerprint density at radius 1 is 0.972 bits per heavy atom. The van der Waals surface area contributed by atoms with Gasteiger partial charge in [0, 0.05) is 13.0 Å². The van der Waals surface area contributed by atoms with Crippen LogP contribution in [0.4, 0.5) is 5.69 Å². The summed E-state index contributed by atoms with van der Waals surface area (Å²) in [4.78, 5) is 54.9. The van der Waals surface area contributed by atoms with Crippen LogP contribution in [0.2, 0.25) is 0 Å². The molecular weight excluding hydrogens is 456 g/mol. The maximum absolute atomic E-state index is 13.1. The van der Waals surface area contributed by atoms with Gasteiger partial charge >= 0.3 is 5.97 Å². The van der Waals surface area contributed by atoms with Gasteiger partial charge in [0.05, 0.1) is 29.5 Å². The van der Waals surface area contributed by atoms with Crippen LogP contribution >= 0.6 is 0 Å².